The van der Waals surface area contributed by atoms with Crippen LogP contribution in [0.1, 0.15) is 6.92 Å². The van der Waals surface area contributed by atoms with Crippen molar-refractivity contribution in [1.82, 2.24) is 0 Å². The first-order valence-electron chi connectivity index (χ1n) is 7.45. The monoisotopic (exact) mass is 340 g/mol. The average molecular weight is 340 g/mol. The molecule has 0 unspecified atom stereocenters. The second kappa shape index (κ2) is 8.12. The van der Waals surface area contributed by atoms with E-state index in [2.05, 4.69) is 0 Å². The number of hydrogen-bond acceptors (Lipinski definition) is 10. The molecular weight excluding hydrogens is 316 g/mol. The molecule has 2 heterocycles. The van der Waals surface area contributed by atoms with Crippen molar-refractivity contribution >= 4 is 0 Å². The normalized spacial score (nSPS) is 48.4. The van der Waals surface area contributed by atoms with Crippen LogP contribution in [-0.4, -0.2) is 106 Å². The first-order chi connectivity index (χ1) is 10.9. The highest BCUT2D eigenvalue weighted by Crippen LogP contribution is 2.24. The minimum atomic E-state index is -1.49. The molecule has 0 spiro atoms. The van der Waals surface area contributed by atoms with E-state index in [4.69, 9.17) is 18.9 Å². The standard InChI is InChI=1S/C13H24O10/c1-2-20-13-11(19)9(17)8(16)6(23-13)4-22-12-10(18)7(15)5(14)3-21-12/h5-19H,2-4H2,1H3/t5-,6-,7+,8-,9+,10-,11-,12+,13-/m1/s1. The minimum absolute atomic E-state index is 0.222. The van der Waals surface area contributed by atoms with Crippen LogP contribution in [0.2, 0.25) is 0 Å². The lowest BCUT2D eigenvalue weighted by molar-refractivity contribution is -0.320. The molecule has 0 aromatic heterocycles. The Hall–Kier alpha value is -0.400. The van der Waals surface area contributed by atoms with Crippen molar-refractivity contribution in [2.75, 3.05) is 19.8 Å². The average Bonchev–Trinajstić information content (AvgIpc) is 2.53. The topological polar surface area (TPSA) is 158 Å². The fraction of sp³-hybridized carbons (Fsp3) is 1.00. The molecular formula is C13H24O10. The lowest BCUT2D eigenvalue weighted by Crippen LogP contribution is -2.60. The molecule has 0 radical (unpaired) electrons. The summed E-state index contributed by atoms with van der Waals surface area (Å²) in [5.41, 5.74) is 0. The van der Waals surface area contributed by atoms with Crippen molar-refractivity contribution in [1.29, 1.82) is 0 Å². The Morgan fingerprint density at radius 3 is 2.13 bits per heavy atom. The summed E-state index contributed by atoms with van der Waals surface area (Å²) in [5, 5.41) is 58.2. The lowest BCUT2D eigenvalue weighted by Gasteiger charge is -2.41. The maximum atomic E-state index is 9.92. The van der Waals surface area contributed by atoms with Gasteiger partial charge in [-0.1, -0.05) is 0 Å². The quantitative estimate of drug-likeness (QED) is 0.294. The number of aliphatic hydroxyl groups excluding tert-OH is 6. The maximum absolute atomic E-state index is 9.92. The Bertz CT molecular complexity index is 369. The predicted molar refractivity (Wildman–Crippen MR) is 72.0 cm³/mol. The first-order valence-corrected chi connectivity index (χ1v) is 7.45. The smallest absolute Gasteiger partial charge is 0.186 e. The molecule has 0 amide bonds. The molecule has 10 nitrogen and oxygen atoms in total. The molecule has 0 aromatic carbocycles. The van der Waals surface area contributed by atoms with E-state index >= 15 is 0 Å². The van der Waals surface area contributed by atoms with Gasteiger partial charge in [-0.05, 0) is 6.92 Å². The zero-order chi connectivity index (χ0) is 17.1. The van der Waals surface area contributed by atoms with Crippen molar-refractivity contribution in [3.05, 3.63) is 0 Å². The van der Waals surface area contributed by atoms with Crippen LogP contribution < -0.4 is 0 Å². The van der Waals surface area contributed by atoms with Crippen molar-refractivity contribution in [2.45, 2.75) is 62.2 Å². The second-order valence-electron chi connectivity index (χ2n) is 5.55. The zero-order valence-corrected chi connectivity index (χ0v) is 12.6. The van der Waals surface area contributed by atoms with Gasteiger partial charge in [0.2, 0.25) is 0 Å². The summed E-state index contributed by atoms with van der Waals surface area (Å²) < 4.78 is 20.8. The SMILES string of the molecule is CCO[C@@H]1O[C@H](CO[C@@H]2OC[C@@H](O)[C@H](O)[C@H]2O)[C@@H](O)[C@H](O)[C@H]1O. The van der Waals surface area contributed by atoms with Crippen LogP contribution in [0, 0.1) is 0 Å². The van der Waals surface area contributed by atoms with Crippen molar-refractivity contribution in [3.63, 3.8) is 0 Å². The molecule has 2 aliphatic rings. The number of aliphatic hydroxyl groups is 6. The summed E-state index contributed by atoms with van der Waals surface area (Å²) in [6.07, 6.45) is -11.8. The number of ether oxygens (including phenoxy) is 4. The molecule has 6 N–H and O–H groups in total. The highest BCUT2D eigenvalue weighted by molar-refractivity contribution is 4.90. The Morgan fingerprint density at radius 1 is 0.826 bits per heavy atom. The summed E-state index contributed by atoms with van der Waals surface area (Å²) in [4.78, 5) is 0. The van der Waals surface area contributed by atoms with Gasteiger partial charge in [0.25, 0.3) is 0 Å². The van der Waals surface area contributed by atoms with E-state index in [-0.39, 0.29) is 19.8 Å². The van der Waals surface area contributed by atoms with Gasteiger partial charge in [-0.25, -0.2) is 0 Å². The van der Waals surface area contributed by atoms with Crippen LogP contribution >= 0.6 is 0 Å². The molecule has 23 heavy (non-hydrogen) atoms. The summed E-state index contributed by atoms with van der Waals surface area (Å²) in [7, 11) is 0. The molecule has 10 heteroatoms. The number of hydrogen-bond donors (Lipinski definition) is 6. The van der Waals surface area contributed by atoms with Crippen LogP contribution in [0.25, 0.3) is 0 Å². The third-order valence-corrected chi connectivity index (χ3v) is 3.88. The van der Waals surface area contributed by atoms with Gasteiger partial charge in [-0.15, -0.1) is 0 Å². The van der Waals surface area contributed by atoms with Crippen LogP contribution in [-0.2, 0) is 18.9 Å². The lowest BCUT2D eigenvalue weighted by atomic mass is 9.99. The Morgan fingerprint density at radius 2 is 1.48 bits per heavy atom. The maximum Gasteiger partial charge on any atom is 0.186 e. The molecule has 2 rings (SSSR count). The van der Waals surface area contributed by atoms with E-state index in [1.54, 1.807) is 6.92 Å². The van der Waals surface area contributed by atoms with Crippen LogP contribution in [0.15, 0.2) is 0 Å². The van der Waals surface area contributed by atoms with Crippen LogP contribution in [0.3, 0.4) is 0 Å². The molecule has 0 bridgehead atoms. The van der Waals surface area contributed by atoms with E-state index in [0.717, 1.165) is 0 Å². The fourth-order valence-corrected chi connectivity index (χ4v) is 2.47. The summed E-state index contributed by atoms with van der Waals surface area (Å²) in [6, 6.07) is 0. The van der Waals surface area contributed by atoms with Crippen molar-refractivity contribution < 1.29 is 49.6 Å². The molecule has 2 saturated heterocycles. The van der Waals surface area contributed by atoms with Gasteiger partial charge in [0.15, 0.2) is 12.6 Å². The van der Waals surface area contributed by atoms with E-state index in [1.165, 1.54) is 0 Å². The Kier molecular flexibility index (Phi) is 6.68. The van der Waals surface area contributed by atoms with Gasteiger partial charge in [0.05, 0.1) is 13.2 Å². The van der Waals surface area contributed by atoms with E-state index in [0.29, 0.717) is 0 Å². The summed E-state index contributed by atoms with van der Waals surface area (Å²) >= 11 is 0. The molecule has 2 aliphatic heterocycles. The largest absolute Gasteiger partial charge is 0.388 e. The van der Waals surface area contributed by atoms with E-state index in [9.17, 15) is 30.6 Å². The van der Waals surface area contributed by atoms with Gasteiger partial charge in [0, 0.05) is 6.61 Å². The van der Waals surface area contributed by atoms with Gasteiger partial charge in [0.1, 0.15) is 42.7 Å². The van der Waals surface area contributed by atoms with Crippen molar-refractivity contribution in [3.8, 4) is 0 Å². The van der Waals surface area contributed by atoms with Crippen LogP contribution in [0.4, 0.5) is 0 Å². The second-order valence-corrected chi connectivity index (χ2v) is 5.55. The first kappa shape index (κ1) is 18.9. The van der Waals surface area contributed by atoms with Crippen LogP contribution in [0.5, 0.6) is 0 Å². The highest BCUT2D eigenvalue weighted by Gasteiger charge is 2.45. The summed E-state index contributed by atoms with van der Waals surface area (Å²) in [6.45, 7) is 1.39. The van der Waals surface area contributed by atoms with Gasteiger partial charge >= 0.3 is 0 Å². The van der Waals surface area contributed by atoms with Gasteiger partial charge in [-0.2, -0.15) is 0 Å². The predicted octanol–water partition coefficient (Wildman–Crippen LogP) is -3.71. The molecule has 9 atom stereocenters. The summed E-state index contributed by atoms with van der Waals surface area (Å²) in [5.74, 6) is 0. The Labute approximate surface area is 132 Å². The Balaban J connectivity index is 1.91. The zero-order valence-electron chi connectivity index (χ0n) is 12.6. The number of rotatable bonds is 5. The van der Waals surface area contributed by atoms with Gasteiger partial charge in [-0.3, -0.25) is 0 Å². The molecule has 0 saturated carbocycles. The highest BCUT2D eigenvalue weighted by atomic mass is 16.7. The van der Waals surface area contributed by atoms with Gasteiger partial charge < -0.3 is 49.6 Å². The minimum Gasteiger partial charge on any atom is -0.388 e. The molecule has 136 valence electrons. The van der Waals surface area contributed by atoms with Crippen molar-refractivity contribution in [2.24, 2.45) is 0 Å². The fourth-order valence-electron chi connectivity index (χ4n) is 2.47. The van der Waals surface area contributed by atoms with E-state index in [1.807, 2.05) is 0 Å². The van der Waals surface area contributed by atoms with E-state index < -0.39 is 55.3 Å². The third kappa shape index (κ3) is 4.17. The molecule has 2 fully saturated rings. The molecule has 0 aromatic rings. The molecule has 0 aliphatic carbocycles. The third-order valence-electron chi connectivity index (χ3n) is 3.88.